The van der Waals surface area contributed by atoms with E-state index in [1.807, 2.05) is 0 Å². The number of hydrogen-bond donors (Lipinski definition) is 0. The molecule has 0 aromatic rings. The molecule has 26 heavy (non-hydrogen) atoms. The van der Waals surface area contributed by atoms with E-state index in [4.69, 9.17) is 0 Å². The van der Waals surface area contributed by atoms with E-state index in [-0.39, 0.29) is 18.9 Å². The molecule has 0 radical (unpaired) electrons. The van der Waals surface area contributed by atoms with Crippen LogP contribution >= 0.6 is 0 Å². The Labute approximate surface area is 142 Å². The van der Waals surface area contributed by atoms with Gasteiger partial charge in [0.1, 0.15) is 0 Å². The Kier molecular flexibility index (Phi) is 17.9. The molecule has 0 bridgehead atoms. The van der Waals surface area contributed by atoms with Crippen molar-refractivity contribution < 1.29 is 82.5 Å². The molecule has 0 aliphatic carbocycles. The molecule has 0 N–H and O–H groups in total. The molecule has 160 valence electrons. The summed E-state index contributed by atoms with van der Waals surface area (Å²) in [6.07, 6.45) is -10.9. The summed E-state index contributed by atoms with van der Waals surface area (Å²) in [5, 5.41) is 0. The number of alkyl halides is 7. The van der Waals surface area contributed by atoms with E-state index in [1.165, 1.54) is 0 Å². The van der Waals surface area contributed by atoms with Gasteiger partial charge in [-0.25, -0.2) is 8.78 Å². The Morgan fingerprint density at radius 2 is 0.577 bits per heavy atom. The fourth-order valence-electron chi connectivity index (χ4n) is 0.124. The second-order valence-corrected chi connectivity index (χ2v) is 2.91. The van der Waals surface area contributed by atoms with Crippen LogP contribution < -0.4 is 0 Å². The summed E-state index contributed by atoms with van der Waals surface area (Å²) in [5.41, 5.74) is 0. The molecule has 0 aromatic heterocycles. The molecule has 0 rings (SSSR count). The van der Waals surface area contributed by atoms with Crippen LogP contribution in [0.2, 0.25) is 0 Å². The second kappa shape index (κ2) is 12.8. The van der Waals surface area contributed by atoms with E-state index in [2.05, 4.69) is 0 Å². The Hall–Kier alpha value is -0.538. The number of halogens is 19. The van der Waals surface area contributed by atoms with Crippen molar-refractivity contribution in [1.82, 2.24) is 0 Å². The quantitative estimate of drug-likeness (QED) is 0.364. The van der Waals surface area contributed by atoms with Crippen LogP contribution in [0.25, 0.3) is 0 Å². The zero-order valence-electron chi connectivity index (χ0n) is 10.5. The Balaban J connectivity index is -0.0000000794. The molecular weight excluding hydrogens is 436 g/mol. The van der Waals surface area contributed by atoms with Gasteiger partial charge < -0.3 is 51.8 Å². The van der Waals surface area contributed by atoms with Crippen LogP contribution in [0.3, 0.4) is 0 Å². The van der Waals surface area contributed by atoms with Crippen molar-refractivity contribution in [3.05, 3.63) is 0 Å². The SMILES string of the molecule is FC(F)C(F)(F)C(F)(F)F.F[B-](F)(F)F.F[B-](F)(F)F.F[B-](F)(F)F.[LiH]. The van der Waals surface area contributed by atoms with Gasteiger partial charge in [0, 0.05) is 0 Å². The maximum absolute atomic E-state index is 11.2. The zero-order valence-corrected chi connectivity index (χ0v) is 10.5. The first-order chi connectivity index (χ1) is 10.2. The van der Waals surface area contributed by atoms with Crippen LogP contribution in [0.15, 0.2) is 0 Å². The van der Waals surface area contributed by atoms with Gasteiger partial charge in [0.05, 0.1) is 0 Å². The molecule has 0 unspecified atom stereocenters. The summed E-state index contributed by atoms with van der Waals surface area (Å²) < 4.78 is 194. The van der Waals surface area contributed by atoms with Crippen molar-refractivity contribution >= 4 is 40.6 Å². The van der Waals surface area contributed by atoms with E-state index < -0.39 is 40.3 Å². The third-order valence-corrected chi connectivity index (χ3v) is 0.652. The van der Waals surface area contributed by atoms with Gasteiger partial charge in [-0.1, -0.05) is 0 Å². The van der Waals surface area contributed by atoms with Gasteiger partial charge >= 0.3 is 59.1 Å². The van der Waals surface area contributed by atoms with Crippen LogP contribution in [0.5, 0.6) is 0 Å². The average molecular weight is 438 g/mol. The van der Waals surface area contributed by atoms with Crippen molar-refractivity contribution in [2.24, 2.45) is 0 Å². The van der Waals surface area contributed by atoms with Crippen molar-refractivity contribution in [2.75, 3.05) is 0 Å². The molecule has 0 spiro atoms. The normalized spacial score (nSPS) is 12.5. The van der Waals surface area contributed by atoms with Crippen molar-refractivity contribution in [3.8, 4) is 0 Å². The van der Waals surface area contributed by atoms with Crippen molar-refractivity contribution in [2.45, 2.75) is 18.5 Å². The number of rotatable bonds is 1. The standard InChI is InChI=1S/C3HF7.3BF4.Li.H/c4-1(5)2(6,7)3(8,9)10;3*2-1(3,4)5;;/h1H;;;;;/q;3*-1;;. The predicted octanol–water partition coefficient (Wildman–Crippen LogP) is 5.70. The molecule has 0 amide bonds. The molecule has 0 fully saturated rings. The van der Waals surface area contributed by atoms with Crippen LogP contribution in [0.1, 0.15) is 0 Å². The summed E-state index contributed by atoms with van der Waals surface area (Å²) in [6.45, 7) is 0. The van der Waals surface area contributed by atoms with Gasteiger partial charge in [0.15, 0.2) is 0 Å². The molecule has 0 nitrogen and oxygen atoms in total. The molecule has 0 saturated carbocycles. The van der Waals surface area contributed by atoms with Crippen molar-refractivity contribution in [1.29, 1.82) is 0 Å². The summed E-state index contributed by atoms with van der Waals surface area (Å²) in [5.74, 6) is -5.90. The van der Waals surface area contributed by atoms with Gasteiger partial charge in [0.25, 0.3) is 0 Å². The van der Waals surface area contributed by atoms with E-state index in [0.29, 0.717) is 0 Å². The van der Waals surface area contributed by atoms with E-state index in [0.717, 1.165) is 0 Å². The van der Waals surface area contributed by atoms with Crippen LogP contribution in [-0.4, -0.2) is 59.1 Å². The fourth-order valence-corrected chi connectivity index (χ4v) is 0.124. The first kappa shape index (κ1) is 36.4. The first-order valence-corrected chi connectivity index (χ1v) is 4.54. The average Bonchev–Trinajstić information content (AvgIpc) is 2.05. The van der Waals surface area contributed by atoms with Crippen LogP contribution in [-0.2, 0) is 0 Å². The Morgan fingerprint density at radius 1 is 0.462 bits per heavy atom. The summed E-state index contributed by atoms with van der Waals surface area (Å²) in [7, 11) is -18.0. The first-order valence-electron chi connectivity index (χ1n) is 4.54. The Morgan fingerprint density at radius 3 is 0.577 bits per heavy atom. The third-order valence-electron chi connectivity index (χ3n) is 0.652. The monoisotopic (exact) mass is 439 g/mol. The number of hydrogen-bond acceptors (Lipinski definition) is 0. The molecule has 0 heterocycles. The van der Waals surface area contributed by atoms with E-state index in [9.17, 15) is 82.5 Å². The van der Waals surface area contributed by atoms with E-state index in [1.54, 1.807) is 0 Å². The molecule has 0 aliphatic rings. The van der Waals surface area contributed by atoms with Crippen molar-refractivity contribution in [3.63, 3.8) is 0 Å². The second-order valence-electron chi connectivity index (χ2n) is 2.91. The summed E-state index contributed by atoms with van der Waals surface area (Å²) in [4.78, 5) is 0. The zero-order chi connectivity index (χ0) is 22.1. The van der Waals surface area contributed by atoms with Gasteiger partial charge in [-0.15, -0.1) is 0 Å². The predicted molar refractivity (Wildman–Crippen MR) is 54.7 cm³/mol. The fraction of sp³-hybridized carbons (Fsp3) is 1.00. The van der Waals surface area contributed by atoms with Crippen LogP contribution in [0.4, 0.5) is 82.5 Å². The summed E-state index contributed by atoms with van der Waals surface area (Å²) >= 11 is 0. The van der Waals surface area contributed by atoms with Gasteiger partial charge in [-0.2, -0.15) is 22.0 Å². The van der Waals surface area contributed by atoms with Gasteiger partial charge in [-0.05, 0) is 0 Å². The molecule has 23 heteroatoms. The minimum absolute atomic E-state index is 0. The molecule has 0 saturated heterocycles. The summed E-state index contributed by atoms with van der Waals surface area (Å²) in [6, 6.07) is 0. The minimum atomic E-state index is -6.17. The van der Waals surface area contributed by atoms with Gasteiger partial charge in [0.2, 0.25) is 0 Å². The molecule has 0 aliphatic heterocycles. The topological polar surface area (TPSA) is 0 Å². The van der Waals surface area contributed by atoms with Gasteiger partial charge in [-0.3, -0.25) is 0 Å². The molecule has 0 aromatic carbocycles. The molecular formula is C3H2B3F19Li-3. The van der Waals surface area contributed by atoms with Crippen LogP contribution in [0, 0.1) is 0 Å². The van der Waals surface area contributed by atoms with E-state index >= 15 is 0 Å². The Bertz CT molecular complexity index is 274. The molecule has 0 atom stereocenters. The maximum atomic E-state index is 11.2. The third kappa shape index (κ3) is 56.6.